The van der Waals surface area contributed by atoms with E-state index in [0.717, 1.165) is 4.90 Å². The molecule has 0 N–H and O–H groups in total. The van der Waals surface area contributed by atoms with Gasteiger partial charge in [-0.05, 0) is 73.7 Å². The van der Waals surface area contributed by atoms with E-state index >= 15 is 0 Å². The van der Waals surface area contributed by atoms with Crippen LogP contribution >= 0.6 is 23.1 Å². The highest BCUT2D eigenvalue weighted by Gasteiger charge is 2.35. The molecule has 4 aromatic rings. The number of benzene rings is 2. The van der Waals surface area contributed by atoms with Gasteiger partial charge in [0.2, 0.25) is 15.9 Å². The van der Waals surface area contributed by atoms with Crippen molar-refractivity contribution in [2.45, 2.75) is 29.2 Å². The monoisotopic (exact) mass is 545 g/mol. The van der Waals surface area contributed by atoms with Gasteiger partial charge < -0.3 is 4.42 Å². The zero-order valence-electron chi connectivity index (χ0n) is 19.5. The molecule has 7 nitrogen and oxygen atoms in total. The molecule has 5 rings (SSSR count). The molecule has 11 heteroatoms. The number of carbonyl (C=O) groups is 1. The summed E-state index contributed by atoms with van der Waals surface area (Å²) in [4.78, 5) is 21.1. The maximum Gasteiger partial charge on any atom is 0.243 e. The van der Waals surface area contributed by atoms with Crippen molar-refractivity contribution in [3.8, 4) is 0 Å². The number of furan rings is 1. The number of aromatic nitrogens is 1. The van der Waals surface area contributed by atoms with E-state index in [2.05, 4.69) is 4.98 Å². The SMILES string of the molecule is CSc1ccc(S(=O)(=O)N2CCC(C(=O)N(Cc3ccco3)c3nc4ccc(F)cc4s3)CC2)cc1. The quantitative estimate of drug-likeness (QED) is 0.290. The Kier molecular flexibility index (Phi) is 7.16. The Morgan fingerprint density at radius 3 is 2.61 bits per heavy atom. The van der Waals surface area contributed by atoms with E-state index in [-0.39, 0.29) is 42.2 Å². The van der Waals surface area contributed by atoms with Gasteiger partial charge in [-0.3, -0.25) is 9.69 Å². The number of rotatable bonds is 7. The highest BCUT2D eigenvalue weighted by Crippen LogP contribution is 2.33. The molecular formula is C25H24FN3O4S3. The molecule has 1 saturated heterocycles. The number of piperidine rings is 1. The van der Waals surface area contributed by atoms with Gasteiger partial charge >= 0.3 is 0 Å². The van der Waals surface area contributed by atoms with Gasteiger partial charge in [-0.2, -0.15) is 4.31 Å². The lowest BCUT2D eigenvalue weighted by Crippen LogP contribution is -2.44. The maximum atomic E-state index is 13.7. The van der Waals surface area contributed by atoms with Gasteiger partial charge in [-0.15, -0.1) is 11.8 Å². The molecule has 0 radical (unpaired) electrons. The van der Waals surface area contributed by atoms with Crippen LogP contribution in [0.3, 0.4) is 0 Å². The summed E-state index contributed by atoms with van der Waals surface area (Å²) in [7, 11) is -3.63. The Hall–Kier alpha value is -2.73. The topological polar surface area (TPSA) is 83.7 Å². The van der Waals surface area contributed by atoms with E-state index in [1.807, 2.05) is 6.26 Å². The van der Waals surface area contributed by atoms with Crippen molar-refractivity contribution >= 4 is 54.4 Å². The second-order valence-electron chi connectivity index (χ2n) is 8.47. The molecule has 3 heterocycles. The summed E-state index contributed by atoms with van der Waals surface area (Å²) in [6, 6.07) is 14.7. The number of thiazole rings is 1. The average Bonchev–Trinajstić information content (AvgIpc) is 3.56. The van der Waals surface area contributed by atoms with Crippen LogP contribution in [0, 0.1) is 11.7 Å². The molecule has 2 aromatic heterocycles. The number of hydrogen-bond donors (Lipinski definition) is 0. The molecule has 1 aliphatic heterocycles. The minimum Gasteiger partial charge on any atom is -0.467 e. The Bertz CT molecular complexity index is 1460. The number of carbonyl (C=O) groups excluding carboxylic acids is 1. The van der Waals surface area contributed by atoms with Crippen molar-refractivity contribution in [3.05, 3.63) is 72.4 Å². The van der Waals surface area contributed by atoms with Crippen LogP contribution in [0.5, 0.6) is 0 Å². The zero-order chi connectivity index (χ0) is 25.3. The molecule has 2 aromatic carbocycles. The molecule has 0 aliphatic carbocycles. The first-order chi connectivity index (χ1) is 17.3. The number of hydrogen-bond acceptors (Lipinski definition) is 7. The number of halogens is 1. The van der Waals surface area contributed by atoms with E-state index in [4.69, 9.17) is 4.42 Å². The Labute approximate surface area is 217 Å². The number of amides is 1. The highest BCUT2D eigenvalue weighted by atomic mass is 32.2. The Balaban J connectivity index is 1.34. The zero-order valence-corrected chi connectivity index (χ0v) is 21.9. The first kappa shape index (κ1) is 24.9. The van der Waals surface area contributed by atoms with Gasteiger partial charge in [0.1, 0.15) is 11.6 Å². The summed E-state index contributed by atoms with van der Waals surface area (Å²) in [6.45, 7) is 0.694. The van der Waals surface area contributed by atoms with Crippen molar-refractivity contribution in [3.63, 3.8) is 0 Å². The summed E-state index contributed by atoms with van der Waals surface area (Å²) >= 11 is 2.79. The molecule has 1 fully saturated rings. The normalized spacial score (nSPS) is 15.4. The molecule has 188 valence electrons. The first-order valence-electron chi connectivity index (χ1n) is 11.4. The van der Waals surface area contributed by atoms with Gasteiger partial charge in [-0.25, -0.2) is 17.8 Å². The van der Waals surface area contributed by atoms with E-state index < -0.39 is 10.0 Å². The molecule has 0 bridgehead atoms. The lowest BCUT2D eigenvalue weighted by atomic mass is 9.96. The highest BCUT2D eigenvalue weighted by molar-refractivity contribution is 7.98. The molecule has 0 unspecified atom stereocenters. The number of anilines is 1. The fourth-order valence-corrected chi connectivity index (χ4v) is 7.13. The summed E-state index contributed by atoms with van der Waals surface area (Å²) in [6.07, 6.45) is 4.28. The van der Waals surface area contributed by atoms with Crippen LogP contribution < -0.4 is 4.90 Å². The molecule has 36 heavy (non-hydrogen) atoms. The number of fused-ring (bicyclic) bond motifs is 1. The van der Waals surface area contributed by atoms with Crippen LogP contribution in [-0.4, -0.2) is 43.0 Å². The van der Waals surface area contributed by atoms with Gasteiger partial charge in [0.25, 0.3) is 0 Å². The van der Waals surface area contributed by atoms with E-state index in [0.29, 0.717) is 34.0 Å². The predicted octanol–water partition coefficient (Wildman–Crippen LogP) is 5.38. The van der Waals surface area contributed by atoms with Crippen molar-refractivity contribution < 1.29 is 22.0 Å². The predicted molar refractivity (Wildman–Crippen MR) is 139 cm³/mol. The van der Waals surface area contributed by atoms with Crippen LogP contribution in [0.2, 0.25) is 0 Å². The molecule has 0 atom stereocenters. The molecule has 0 spiro atoms. The fraction of sp³-hybridized carbons (Fsp3) is 0.280. The third kappa shape index (κ3) is 5.06. The second-order valence-corrected chi connectivity index (χ2v) is 12.3. The summed E-state index contributed by atoms with van der Waals surface area (Å²) in [5.41, 5.74) is 0.613. The lowest BCUT2D eigenvalue weighted by Gasteiger charge is -2.32. The standard InChI is InChI=1S/C25H24FN3O4S3/c1-34-20-5-7-21(8-6-20)36(31,32)28-12-10-17(11-13-28)24(30)29(16-19-3-2-14-33-19)25-27-22-9-4-18(26)15-23(22)35-25/h2-9,14-15,17H,10-13,16H2,1H3. The molecule has 1 aliphatic rings. The summed E-state index contributed by atoms with van der Waals surface area (Å²) in [5, 5.41) is 0.459. The first-order valence-corrected chi connectivity index (χ1v) is 14.9. The van der Waals surface area contributed by atoms with Crippen molar-refractivity contribution in [1.82, 2.24) is 9.29 Å². The Morgan fingerprint density at radius 2 is 1.94 bits per heavy atom. The van der Waals surface area contributed by atoms with Crippen LogP contribution in [0.15, 0.2) is 75.1 Å². The number of thioether (sulfide) groups is 1. The second kappa shape index (κ2) is 10.3. The average molecular weight is 546 g/mol. The third-order valence-electron chi connectivity index (χ3n) is 6.23. The largest absolute Gasteiger partial charge is 0.467 e. The van der Waals surface area contributed by atoms with Gasteiger partial charge in [0.05, 0.1) is 27.9 Å². The molecule has 1 amide bonds. The van der Waals surface area contributed by atoms with Gasteiger partial charge in [0, 0.05) is 23.9 Å². The smallest absolute Gasteiger partial charge is 0.243 e. The van der Waals surface area contributed by atoms with Crippen LogP contribution in [0.1, 0.15) is 18.6 Å². The summed E-state index contributed by atoms with van der Waals surface area (Å²) < 4.78 is 47.6. The van der Waals surface area contributed by atoms with Crippen LogP contribution in [0.4, 0.5) is 9.52 Å². The lowest BCUT2D eigenvalue weighted by molar-refractivity contribution is -0.123. The third-order valence-corrected chi connectivity index (χ3v) is 9.93. The van der Waals surface area contributed by atoms with Gasteiger partial charge in [0.15, 0.2) is 5.13 Å². The fourth-order valence-electron chi connectivity index (χ4n) is 4.26. The number of sulfonamides is 1. The minimum atomic E-state index is -3.63. The van der Waals surface area contributed by atoms with Gasteiger partial charge in [-0.1, -0.05) is 11.3 Å². The van der Waals surface area contributed by atoms with E-state index in [1.54, 1.807) is 65.4 Å². The van der Waals surface area contributed by atoms with Crippen LogP contribution in [0.25, 0.3) is 10.2 Å². The molecular weight excluding hydrogens is 521 g/mol. The van der Waals surface area contributed by atoms with Crippen molar-refractivity contribution in [1.29, 1.82) is 0 Å². The maximum absolute atomic E-state index is 13.7. The summed E-state index contributed by atoms with van der Waals surface area (Å²) in [5.74, 6) is -0.276. The van der Waals surface area contributed by atoms with Crippen molar-refractivity contribution in [2.75, 3.05) is 24.2 Å². The molecule has 0 saturated carbocycles. The van der Waals surface area contributed by atoms with E-state index in [9.17, 15) is 17.6 Å². The number of nitrogens with zero attached hydrogens (tertiary/aromatic N) is 3. The van der Waals surface area contributed by atoms with Crippen molar-refractivity contribution in [2.24, 2.45) is 5.92 Å². The Morgan fingerprint density at radius 1 is 1.19 bits per heavy atom. The minimum absolute atomic E-state index is 0.146. The van der Waals surface area contributed by atoms with Crippen LogP contribution in [-0.2, 0) is 21.4 Å². The van der Waals surface area contributed by atoms with E-state index in [1.165, 1.54) is 27.8 Å².